The highest BCUT2D eigenvalue weighted by Crippen LogP contribution is 2.20. The summed E-state index contributed by atoms with van der Waals surface area (Å²) < 4.78 is 10.6. The van der Waals surface area contributed by atoms with E-state index in [4.69, 9.17) is 0 Å². The van der Waals surface area contributed by atoms with Crippen molar-refractivity contribution in [3.8, 4) is 0 Å². The zero-order chi connectivity index (χ0) is 13.0. The second-order valence-corrected chi connectivity index (χ2v) is 3.56. The van der Waals surface area contributed by atoms with Crippen LogP contribution < -0.4 is 0 Å². The van der Waals surface area contributed by atoms with Crippen molar-refractivity contribution in [3.05, 3.63) is 23.5 Å². The maximum atomic E-state index is 11.3. The molecule has 1 N–H and O–H groups in total. The topological polar surface area (TPSA) is 77.8 Å². The molecule has 0 aliphatic heterocycles. The number of esters is 2. The quantitative estimate of drug-likeness (QED) is 0.772. The predicted molar refractivity (Wildman–Crippen MR) is 58.3 cm³/mol. The van der Waals surface area contributed by atoms with Crippen LogP contribution in [-0.4, -0.2) is 35.8 Å². The Labute approximate surface area is 98.7 Å². The maximum absolute atomic E-state index is 11.3. The molecule has 1 unspecified atom stereocenters. The average Bonchev–Trinajstić information content (AvgIpc) is 2.70. The van der Waals surface area contributed by atoms with Gasteiger partial charge in [0.05, 0.1) is 26.7 Å². The number of rotatable bonds is 4. The normalized spacial score (nSPS) is 12.0. The van der Waals surface area contributed by atoms with Crippen molar-refractivity contribution in [2.45, 2.75) is 12.5 Å². The summed E-state index contributed by atoms with van der Waals surface area (Å²) in [5.41, 5.74) is 0.782. The molecule has 6 heteroatoms. The van der Waals surface area contributed by atoms with Crippen molar-refractivity contribution in [1.29, 1.82) is 0 Å². The molecule has 1 heterocycles. The van der Waals surface area contributed by atoms with Gasteiger partial charge < -0.3 is 19.1 Å². The lowest BCUT2D eigenvalue weighted by atomic mass is 10.1. The summed E-state index contributed by atoms with van der Waals surface area (Å²) in [6, 6.07) is 1.49. The summed E-state index contributed by atoms with van der Waals surface area (Å²) in [7, 11) is 4.18. The minimum atomic E-state index is -0.993. The molecule has 0 bridgehead atoms. The van der Waals surface area contributed by atoms with E-state index in [1.165, 1.54) is 24.9 Å². The summed E-state index contributed by atoms with van der Waals surface area (Å²) in [6.45, 7) is 0. The third kappa shape index (κ3) is 3.07. The highest BCUT2D eigenvalue weighted by molar-refractivity contribution is 5.88. The predicted octanol–water partition coefficient (Wildman–Crippen LogP) is 0.408. The molecule has 1 aromatic rings. The molecule has 1 rings (SSSR count). The van der Waals surface area contributed by atoms with E-state index in [2.05, 4.69) is 9.47 Å². The molecular weight excluding hydrogens is 226 g/mol. The summed E-state index contributed by atoms with van der Waals surface area (Å²) in [4.78, 5) is 22.3. The van der Waals surface area contributed by atoms with Crippen molar-refractivity contribution in [2.75, 3.05) is 14.2 Å². The summed E-state index contributed by atoms with van der Waals surface area (Å²) in [6.07, 6.45) is 0.424. The first-order chi connectivity index (χ1) is 7.99. The van der Waals surface area contributed by atoms with Gasteiger partial charge >= 0.3 is 11.9 Å². The molecule has 1 atom stereocenters. The summed E-state index contributed by atoms with van der Waals surface area (Å²) in [5.74, 6) is -1.01. The molecule has 0 saturated heterocycles. The number of nitrogens with zero attached hydrogens (tertiary/aromatic N) is 1. The van der Waals surface area contributed by atoms with Crippen LogP contribution in [0.25, 0.3) is 0 Å². The molecule has 0 aliphatic carbocycles. The van der Waals surface area contributed by atoms with E-state index in [0.717, 1.165) is 0 Å². The smallest absolute Gasteiger partial charge is 0.354 e. The van der Waals surface area contributed by atoms with Gasteiger partial charge in [-0.05, 0) is 11.6 Å². The van der Waals surface area contributed by atoms with Gasteiger partial charge in [-0.25, -0.2) is 4.79 Å². The van der Waals surface area contributed by atoms with Gasteiger partial charge in [-0.2, -0.15) is 0 Å². The van der Waals surface area contributed by atoms with Crippen molar-refractivity contribution in [1.82, 2.24) is 4.57 Å². The van der Waals surface area contributed by atoms with Gasteiger partial charge in [0.25, 0.3) is 0 Å². The Balaban J connectivity index is 2.85. The van der Waals surface area contributed by atoms with Gasteiger partial charge in [0, 0.05) is 13.2 Å². The Bertz CT molecular complexity index is 423. The van der Waals surface area contributed by atoms with Crippen LogP contribution in [0.15, 0.2) is 12.3 Å². The standard InChI is InChI=1S/C11H15NO5/c1-12-6-7(4-8(12)11(15)17-3)9(13)5-10(14)16-2/h4,6,9,13H,5H2,1-3H3. The van der Waals surface area contributed by atoms with Crippen LogP contribution in [0.2, 0.25) is 0 Å². The zero-order valence-electron chi connectivity index (χ0n) is 9.97. The fourth-order valence-electron chi connectivity index (χ4n) is 1.44. The molecular formula is C11H15NO5. The first-order valence-corrected chi connectivity index (χ1v) is 4.99. The Morgan fingerprint density at radius 2 is 2.06 bits per heavy atom. The monoisotopic (exact) mass is 241 g/mol. The van der Waals surface area contributed by atoms with E-state index in [9.17, 15) is 14.7 Å². The molecule has 0 fully saturated rings. The van der Waals surface area contributed by atoms with Crippen molar-refractivity contribution < 1.29 is 24.2 Å². The summed E-state index contributed by atoms with van der Waals surface area (Å²) in [5, 5.41) is 9.75. The third-order valence-electron chi connectivity index (χ3n) is 2.39. The van der Waals surface area contributed by atoms with Crippen molar-refractivity contribution in [2.24, 2.45) is 7.05 Å². The molecule has 17 heavy (non-hydrogen) atoms. The largest absolute Gasteiger partial charge is 0.469 e. The molecule has 0 aliphatic rings. The van der Waals surface area contributed by atoms with E-state index in [1.54, 1.807) is 13.2 Å². The van der Waals surface area contributed by atoms with Crippen LogP contribution in [0.4, 0.5) is 0 Å². The van der Waals surface area contributed by atoms with Gasteiger partial charge in [0.1, 0.15) is 5.69 Å². The highest BCUT2D eigenvalue weighted by Gasteiger charge is 2.18. The van der Waals surface area contributed by atoms with E-state index in [0.29, 0.717) is 11.3 Å². The second kappa shape index (κ2) is 5.49. The average molecular weight is 241 g/mol. The number of carbonyl (C=O) groups is 2. The fourth-order valence-corrected chi connectivity index (χ4v) is 1.44. The third-order valence-corrected chi connectivity index (χ3v) is 2.39. The van der Waals surface area contributed by atoms with Crippen LogP contribution in [0.5, 0.6) is 0 Å². The Kier molecular flexibility index (Phi) is 4.28. The molecule has 94 valence electrons. The van der Waals surface area contributed by atoms with Crippen molar-refractivity contribution in [3.63, 3.8) is 0 Å². The number of aryl methyl sites for hydroxylation is 1. The van der Waals surface area contributed by atoms with Crippen LogP contribution in [0.3, 0.4) is 0 Å². The number of hydrogen-bond donors (Lipinski definition) is 1. The first kappa shape index (κ1) is 13.2. The van der Waals surface area contributed by atoms with Gasteiger partial charge in [-0.15, -0.1) is 0 Å². The lowest BCUT2D eigenvalue weighted by Crippen LogP contribution is -2.07. The van der Waals surface area contributed by atoms with Gasteiger partial charge in [-0.1, -0.05) is 0 Å². The van der Waals surface area contributed by atoms with Crippen LogP contribution in [-0.2, 0) is 21.3 Å². The number of aliphatic hydroxyl groups is 1. The second-order valence-electron chi connectivity index (χ2n) is 3.56. The maximum Gasteiger partial charge on any atom is 0.354 e. The minimum Gasteiger partial charge on any atom is -0.469 e. The SMILES string of the molecule is COC(=O)CC(O)c1cc(C(=O)OC)n(C)c1. The first-order valence-electron chi connectivity index (χ1n) is 4.99. The fraction of sp³-hybridized carbons (Fsp3) is 0.455. The van der Waals surface area contributed by atoms with Crippen LogP contribution in [0, 0.1) is 0 Å². The lowest BCUT2D eigenvalue weighted by Gasteiger charge is -2.06. The molecule has 0 radical (unpaired) electrons. The highest BCUT2D eigenvalue weighted by atomic mass is 16.5. The summed E-state index contributed by atoms with van der Waals surface area (Å²) >= 11 is 0. The molecule has 0 aromatic carbocycles. The van der Waals surface area contributed by atoms with Gasteiger partial charge in [-0.3, -0.25) is 4.79 Å². The molecule has 0 saturated carbocycles. The number of ether oxygens (including phenoxy) is 2. The lowest BCUT2D eigenvalue weighted by molar-refractivity contribution is -0.142. The van der Waals surface area contributed by atoms with E-state index >= 15 is 0 Å². The number of methoxy groups -OCH3 is 2. The van der Waals surface area contributed by atoms with Crippen molar-refractivity contribution >= 4 is 11.9 Å². The number of hydrogen-bond acceptors (Lipinski definition) is 5. The molecule has 6 nitrogen and oxygen atoms in total. The number of carbonyl (C=O) groups excluding carboxylic acids is 2. The number of aromatic nitrogens is 1. The van der Waals surface area contributed by atoms with E-state index in [1.807, 2.05) is 0 Å². The van der Waals surface area contributed by atoms with Crippen LogP contribution in [0.1, 0.15) is 28.6 Å². The van der Waals surface area contributed by atoms with Gasteiger partial charge in [0.2, 0.25) is 0 Å². The van der Waals surface area contributed by atoms with E-state index in [-0.39, 0.29) is 6.42 Å². The van der Waals surface area contributed by atoms with Gasteiger partial charge in [0.15, 0.2) is 0 Å². The molecule has 0 spiro atoms. The van der Waals surface area contributed by atoms with Crippen LogP contribution >= 0.6 is 0 Å². The van der Waals surface area contributed by atoms with E-state index < -0.39 is 18.0 Å². The zero-order valence-corrected chi connectivity index (χ0v) is 9.97. The minimum absolute atomic E-state index is 0.152. The Morgan fingerprint density at radius 1 is 1.41 bits per heavy atom. The Morgan fingerprint density at radius 3 is 2.59 bits per heavy atom. The molecule has 0 amide bonds. The number of aliphatic hydroxyl groups excluding tert-OH is 1. The Hall–Kier alpha value is -1.82. The molecule has 1 aromatic heterocycles.